The molecule has 0 saturated heterocycles. The Balaban J connectivity index is 0.000000673. The van der Waals surface area contributed by atoms with Crippen LogP contribution < -0.4 is 5.32 Å². The fraction of sp³-hybridized carbons (Fsp3) is 0.320. The molecule has 9 nitrogen and oxygen atoms in total. The SMILES string of the molecule is Cc1sc(-c2ccccc2Cl)nc1C(=O)NCc1cc(CC(OC(C)C)C(=O)O)ccn1.O=C(O)C(F)(F)F. The third-order valence-electron chi connectivity index (χ3n) is 4.80. The highest BCUT2D eigenvalue weighted by Gasteiger charge is 2.38. The number of aromatic nitrogens is 2. The number of alkyl halides is 3. The van der Waals surface area contributed by atoms with Gasteiger partial charge in [-0.25, -0.2) is 14.6 Å². The Bertz CT molecular complexity index is 1320. The molecule has 0 aliphatic carbocycles. The summed E-state index contributed by atoms with van der Waals surface area (Å²) in [5, 5.41) is 20.6. The van der Waals surface area contributed by atoms with Crippen molar-refractivity contribution in [2.45, 2.75) is 52.1 Å². The highest BCUT2D eigenvalue weighted by Crippen LogP contribution is 2.32. The molecule has 2 aromatic heterocycles. The molecular weight excluding hydrogens is 563 g/mol. The van der Waals surface area contributed by atoms with Gasteiger partial charge in [0.15, 0.2) is 6.10 Å². The van der Waals surface area contributed by atoms with E-state index in [2.05, 4.69) is 15.3 Å². The Morgan fingerprint density at radius 1 is 1.15 bits per heavy atom. The molecule has 0 saturated carbocycles. The number of nitrogens with zero attached hydrogens (tertiary/aromatic N) is 2. The van der Waals surface area contributed by atoms with Crippen LogP contribution in [0.4, 0.5) is 13.2 Å². The molecule has 3 N–H and O–H groups in total. The second-order valence-electron chi connectivity index (χ2n) is 8.26. The standard InChI is InChI=1S/C23H24ClN3O4S.C2HF3O2/c1-13(2)31-19(23(29)30)11-15-8-9-25-16(10-15)12-26-21(28)20-14(3)32-22(27-20)17-6-4-5-7-18(17)24;3-2(4,5)1(6)7/h4-10,13,19H,11-12H2,1-3H3,(H,26,28)(H,29,30);(H,6,7). The summed E-state index contributed by atoms with van der Waals surface area (Å²) in [7, 11) is 0. The second-order valence-corrected chi connectivity index (χ2v) is 9.87. The van der Waals surface area contributed by atoms with Crippen LogP contribution in [0, 0.1) is 6.92 Å². The number of carboxylic acid groups (broad SMARTS) is 2. The normalized spacial score (nSPS) is 11.9. The zero-order valence-electron chi connectivity index (χ0n) is 21.0. The molecule has 0 bridgehead atoms. The van der Waals surface area contributed by atoms with Crippen LogP contribution in [0.25, 0.3) is 10.6 Å². The smallest absolute Gasteiger partial charge is 0.479 e. The largest absolute Gasteiger partial charge is 0.490 e. The van der Waals surface area contributed by atoms with Gasteiger partial charge in [-0.3, -0.25) is 9.78 Å². The number of nitrogens with one attached hydrogen (secondary N) is 1. The summed E-state index contributed by atoms with van der Waals surface area (Å²) in [6.07, 6.45) is -4.42. The number of halogens is 4. The summed E-state index contributed by atoms with van der Waals surface area (Å²) in [4.78, 5) is 42.6. The number of ether oxygens (including phenoxy) is 1. The van der Waals surface area contributed by atoms with Gasteiger partial charge in [0.2, 0.25) is 0 Å². The highest BCUT2D eigenvalue weighted by molar-refractivity contribution is 7.15. The first-order valence-corrected chi connectivity index (χ1v) is 12.5. The molecule has 0 aliphatic rings. The number of carbonyl (C=O) groups is 3. The molecule has 0 fully saturated rings. The van der Waals surface area contributed by atoms with Gasteiger partial charge in [0, 0.05) is 23.1 Å². The van der Waals surface area contributed by atoms with E-state index in [1.54, 1.807) is 38.2 Å². The molecule has 0 aliphatic heterocycles. The first-order chi connectivity index (χ1) is 18.2. The second kappa shape index (κ2) is 14.0. The van der Waals surface area contributed by atoms with E-state index >= 15 is 0 Å². The van der Waals surface area contributed by atoms with Crippen molar-refractivity contribution >= 4 is 40.8 Å². The van der Waals surface area contributed by atoms with E-state index in [1.165, 1.54) is 11.3 Å². The molecule has 1 atom stereocenters. The molecule has 3 rings (SSSR count). The van der Waals surface area contributed by atoms with Gasteiger partial charge in [-0.1, -0.05) is 29.8 Å². The lowest BCUT2D eigenvalue weighted by molar-refractivity contribution is -0.192. The third-order valence-corrected chi connectivity index (χ3v) is 6.14. The molecule has 14 heteroatoms. The van der Waals surface area contributed by atoms with Crippen LogP contribution in [0.1, 0.15) is 40.5 Å². The Labute approximate surface area is 230 Å². The van der Waals surface area contributed by atoms with Crippen LogP contribution in [-0.4, -0.2) is 56.4 Å². The maximum atomic E-state index is 12.7. The van der Waals surface area contributed by atoms with Crippen molar-refractivity contribution in [3.8, 4) is 10.6 Å². The molecule has 0 spiro atoms. The summed E-state index contributed by atoms with van der Waals surface area (Å²) in [5.41, 5.74) is 2.51. The van der Waals surface area contributed by atoms with Crippen molar-refractivity contribution in [2.75, 3.05) is 0 Å². The summed E-state index contributed by atoms with van der Waals surface area (Å²) in [6.45, 7) is 5.61. The van der Waals surface area contributed by atoms with Gasteiger partial charge in [-0.15, -0.1) is 11.3 Å². The van der Waals surface area contributed by atoms with Crippen molar-refractivity contribution in [2.24, 2.45) is 0 Å². The molecule has 210 valence electrons. The third kappa shape index (κ3) is 9.93. The average molecular weight is 588 g/mol. The minimum Gasteiger partial charge on any atom is -0.479 e. The van der Waals surface area contributed by atoms with Gasteiger partial charge in [0.1, 0.15) is 10.7 Å². The zero-order chi connectivity index (χ0) is 29.3. The molecule has 2 heterocycles. The van der Waals surface area contributed by atoms with E-state index in [1.807, 2.05) is 25.1 Å². The number of thiazole rings is 1. The number of rotatable bonds is 9. The number of carboxylic acids is 2. The molecule has 1 amide bonds. The first kappa shape index (κ1) is 31.7. The Hall–Kier alpha value is -3.55. The molecule has 1 aromatic carbocycles. The minimum atomic E-state index is -5.08. The lowest BCUT2D eigenvalue weighted by Crippen LogP contribution is -2.29. The van der Waals surface area contributed by atoms with Crippen LogP contribution in [0.15, 0.2) is 42.6 Å². The highest BCUT2D eigenvalue weighted by atomic mass is 35.5. The number of hydrogen-bond acceptors (Lipinski definition) is 7. The van der Waals surface area contributed by atoms with E-state index in [0.717, 1.165) is 16.0 Å². The maximum Gasteiger partial charge on any atom is 0.490 e. The average Bonchev–Trinajstić information content (AvgIpc) is 3.23. The van der Waals surface area contributed by atoms with E-state index < -0.39 is 24.2 Å². The maximum absolute atomic E-state index is 12.7. The van der Waals surface area contributed by atoms with Gasteiger partial charge in [0.05, 0.1) is 23.4 Å². The number of aryl methyl sites for hydroxylation is 1. The number of pyridine rings is 1. The van der Waals surface area contributed by atoms with Crippen molar-refractivity contribution in [3.63, 3.8) is 0 Å². The summed E-state index contributed by atoms with van der Waals surface area (Å²) in [5.74, 6) is -4.08. The van der Waals surface area contributed by atoms with Crippen LogP contribution in [0.2, 0.25) is 5.02 Å². The number of hydrogen-bond donors (Lipinski definition) is 3. The van der Waals surface area contributed by atoms with Crippen LogP contribution >= 0.6 is 22.9 Å². The van der Waals surface area contributed by atoms with E-state index in [9.17, 15) is 27.9 Å². The molecule has 3 aromatic rings. The fourth-order valence-electron chi connectivity index (χ4n) is 3.10. The van der Waals surface area contributed by atoms with E-state index in [0.29, 0.717) is 21.4 Å². The van der Waals surface area contributed by atoms with Gasteiger partial charge >= 0.3 is 18.1 Å². The number of aliphatic carboxylic acids is 2. The lowest BCUT2D eigenvalue weighted by Gasteiger charge is -2.16. The number of amides is 1. The number of carbonyl (C=O) groups excluding carboxylic acids is 1. The van der Waals surface area contributed by atoms with Crippen molar-refractivity contribution in [1.82, 2.24) is 15.3 Å². The predicted molar refractivity (Wildman–Crippen MR) is 138 cm³/mol. The quantitative estimate of drug-likeness (QED) is 0.312. The van der Waals surface area contributed by atoms with Crippen LogP contribution in [-0.2, 0) is 27.3 Å². The Morgan fingerprint density at radius 3 is 2.36 bits per heavy atom. The summed E-state index contributed by atoms with van der Waals surface area (Å²) >= 11 is 7.66. The molecular formula is C25H25ClF3N3O6S. The Kier molecular flexibility index (Phi) is 11.4. The van der Waals surface area contributed by atoms with Gasteiger partial charge in [-0.05, 0) is 44.5 Å². The zero-order valence-corrected chi connectivity index (χ0v) is 22.5. The summed E-state index contributed by atoms with van der Waals surface area (Å²) < 4.78 is 37.2. The predicted octanol–water partition coefficient (Wildman–Crippen LogP) is 5.15. The monoisotopic (exact) mass is 587 g/mol. The molecule has 1 unspecified atom stereocenters. The van der Waals surface area contributed by atoms with Crippen molar-refractivity contribution in [3.05, 3.63) is 69.4 Å². The van der Waals surface area contributed by atoms with Gasteiger partial charge in [-0.2, -0.15) is 13.2 Å². The van der Waals surface area contributed by atoms with Crippen LogP contribution in [0.3, 0.4) is 0 Å². The van der Waals surface area contributed by atoms with E-state index in [-0.39, 0.29) is 25.0 Å². The fourth-order valence-corrected chi connectivity index (χ4v) is 4.33. The molecule has 39 heavy (non-hydrogen) atoms. The van der Waals surface area contributed by atoms with Crippen LogP contribution in [0.5, 0.6) is 0 Å². The Morgan fingerprint density at radius 2 is 1.79 bits per heavy atom. The topological polar surface area (TPSA) is 139 Å². The minimum absolute atomic E-state index is 0.188. The van der Waals surface area contributed by atoms with E-state index in [4.69, 9.17) is 26.2 Å². The van der Waals surface area contributed by atoms with Crippen molar-refractivity contribution in [1.29, 1.82) is 0 Å². The molecule has 0 radical (unpaired) electrons. The lowest BCUT2D eigenvalue weighted by atomic mass is 10.1. The van der Waals surface area contributed by atoms with Crippen molar-refractivity contribution < 1.29 is 42.5 Å². The van der Waals surface area contributed by atoms with Gasteiger partial charge in [0.25, 0.3) is 5.91 Å². The summed E-state index contributed by atoms with van der Waals surface area (Å²) in [6, 6.07) is 10.9. The van der Waals surface area contributed by atoms with Gasteiger partial charge < -0.3 is 20.3 Å². The number of benzene rings is 1. The first-order valence-electron chi connectivity index (χ1n) is 11.3.